The van der Waals surface area contributed by atoms with Gasteiger partial charge in [-0.1, -0.05) is 60.7 Å². The van der Waals surface area contributed by atoms with Crippen LogP contribution in [0.5, 0.6) is 0 Å². The Labute approximate surface area is 115 Å². The van der Waals surface area contributed by atoms with E-state index in [4.69, 9.17) is 4.84 Å². The van der Waals surface area contributed by atoms with E-state index in [1.165, 1.54) is 12.1 Å². The Bertz CT molecular complexity index is 514. The van der Waals surface area contributed by atoms with Crippen LogP contribution in [0.4, 0.5) is 13.2 Å². The first-order valence-electron chi connectivity index (χ1n) is 6.10. The van der Waals surface area contributed by atoms with Gasteiger partial charge in [-0.2, -0.15) is 18.7 Å². The molecule has 0 heterocycles. The van der Waals surface area contributed by atoms with Crippen molar-refractivity contribution < 1.29 is 18.0 Å². The summed E-state index contributed by atoms with van der Waals surface area (Å²) in [6.45, 7) is 0.0697. The van der Waals surface area contributed by atoms with Gasteiger partial charge >= 0.3 is 6.18 Å². The van der Waals surface area contributed by atoms with Crippen molar-refractivity contribution in [3.63, 3.8) is 0 Å². The maximum Gasteiger partial charge on any atom is 0.410 e. The maximum absolute atomic E-state index is 13.0. The normalized spacial score (nSPS) is 13.2. The number of benzene rings is 2. The van der Waals surface area contributed by atoms with Crippen LogP contribution in [0.15, 0.2) is 60.7 Å². The highest BCUT2D eigenvalue weighted by Gasteiger charge is 2.41. The summed E-state index contributed by atoms with van der Waals surface area (Å²) in [5.74, 6) is 0. The molecule has 1 unspecified atom stereocenters. The zero-order valence-electron chi connectivity index (χ0n) is 10.6. The molecule has 0 radical (unpaired) electrons. The predicted molar refractivity (Wildman–Crippen MR) is 69.6 cm³/mol. The van der Waals surface area contributed by atoms with Crippen LogP contribution in [0, 0.1) is 0 Å². The summed E-state index contributed by atoms with van der Waals surface area (Å²) in [4.78, 5) is 4.99. The van der Waals surface area contributed by atoms with Crippen LogP contribution in [0.2, 0.25) is 0 Å². The Morgan fingerprint density at radius 1 is 0.900 bits per heavy atom. The molecule has 0 saturated heterocycles. The lowest BCUT2D eigenvalue weighted by atomic mass is 10.1. The molecule has 1 N–H and O–H groups in total. The third-order valence-electron chi connectivity index (χ3n) is 2.74. The Morgan fingerprint density at radius 3 is 2.00 bits per heavy atom. The first kappa shape index (κ1) is 14.6. The van der Waals surface area contributed by atoms with E-state index >= 15 is 0 Å². The maximum atomic E-state index is 13.0. The molecule has 0 saturated carbocycles. The Kier molecular flexibility index (Phi) is 4.76. The van der Waals surface area contributed by atoms with Crippen molar-refractivity contribution >= 4 is 0 Å². The first-order chi connectivity index (χ1) is 9.57. The zero-order chi connectivity index (χ0) is 14.4. The summed E-state index contributed by atoms with van der Waals surface area (Å²) < 4.78 is 39.0. The third kappa shape index (κ3) is 4.08. The van der Waals surface area contributed by atoms with E-state index in [-0.39, 0.29) is 12.2 Å². The minimum Gasteiger partial charge on any atom is -0.296 e. The number of hydrogen-bond acceptors (Lipinski definition) is 2. The average Bonchev–Trinajstić information content (AvgIpc) is 2.44. The van der Waals surface area contributed by atoms with Crippen molar-refractivity contribution in [3.05, 3.63) is 71.8 Å². The lowest BCUT2D eigenvalue weighted by Gasteiger charge is -2.21. The number of hydroxylamine groups is 1. The minimum atomic E-state index is -4.42. The van der Waals surface area contributed by atoms with Crippen molar-refractivity contribution in [1.29, 1.82) is 0 Å². The number of halogens is 3. The fraction of sp³-hybridized carbons (Fsp3) is 0.200. The van der Waals surface area contributed by atoms with Gasteiger partial charge in [0.25, 0.3) is 0 Å². The molecule has 2 rings (SSSR count). The van der Waals surface area contributed by atoms with Gasteiger partial charge in [0.05, 0.1) is 6.61 Å². The van der Waals surface area contributed by atoms with E-state index in [1.807, 2.05) is 6.07 Å². The molecule has 0 aliphatic heterocycles. The molecule has 0 spiro atoms. The van der Waals surface area contributed by atoms with E-state index in [0.717, 1.165) is 5.56 Å². The summed E-state index contributed by atoms with van der Waals surface area (Å²) in [7, 11) is 0. The van der Waals surface area contributed by atoms with Crippen molar-refractivity contribution in [2.45, 2.75) is 18.8 Å². The van der Waals surface area contributed by atoms with Crippen molar-refractivity contribution in [1.82, 2.24) is 5.48 Å². The van der Waals surface area contributed by atoms with E-state index in [1.54, 1.807) is 42.5 Å². The highest BCUT2D eigenvalue weighted by Crippen LogP contribution is 2.32. The van der Waals surface area contributed by atoms with Gasteiger partial charge in [0, 0.05) is 0 Å². The average molecular weight is 281 g/mol. The van der Waals surface area contributed by atoms with Crippen LogP contribution >= 0.6 is 0 Å². The number of alkyl halides is 3. The molecule has 0 aliphatic carbocycles. The molecule has 2 nitrogen and oxygen atoms in total. The molecule has 0 bridgehead atoms. The fourth-order valence-electron chi connectivity index (χ4n) is 1.75. The quantitative estimate of drug-likeness (QED) is 0.836. The first-order valence-corrected chi connectivity index (χ1v) is 6.10. The van der Waals surface area contributed by atoms with Gasteiger partial charge in [-0.25, -0.2) is 0 Å². The van der Waals surface area contributed by atoms with Gasteiger partial charge in [-0.15, -0.1) is 0 Å². The van der Waals surface area contributed by atoms with Crippen molar-refractivity contribution in [2.75, 3.05) is 0 Å². The second kappa shape index (κ2) is 6.54. The molecule has 5 heteroatoms. The molecular formula is C15H14F3NO. The van der Waals surface area contributed by atoms with E-state index < -0.39 is 12.2 Å². The van der Waals surface area contributed by atoms with E-state index in [9.17, 15) is 13.2 Å². The molecule has 106 valence electrons. The van der Waals surface area contributed by atoms with Crippen LogP contribution in [-0.4, -0.2) is 6.18 Å². The molecule has 0 fully saturated rings. The van der Waals surface area contributed by atoms with Gasteiger partial charge in [-0.05, 0) is 11.1 Å². The number of rotatable bonds is 5. The van der Waals surface area contributed by atoms with Gasteiger partial charge in [0.2, 0.25) is 0 Å². The van der Waals surface area contributed by atoms with Gasteiger partial charge in [0.1, 0.15) is 0 Å². The number of nitrogens with one attached hydrogen (secondary N) is 1. The van der Waals surface area contributed by atoms with E-state index in [2.05, 4.69) is 5.48 Å². The molecule has 0 aliphatic rings. The van der Waals surface area contributed by atoms with Crippen molar-refractivity contribution in [3.8, 4) is 0 Å². The fourth-order valence-corrected chi connectivity index (χ4v) is 1.75. The summed E-state index contributed by atoms with van der Waals surface area (Å²) in [6.07, 6.45) is -4.42. The SMILES string of the molecule is FC(F)(F)C(NOCc1ccccc1)c1ccccc1. The number of hydrogen-bond donors (Lipinski definition) is 1. The molecule has 0 amide bonds. The molecule has 20 heavy (non-hydrogen) atoms. The van der Waals surface area contributed by atoms with Gasteiger partial charge in [0.15, 0.2) is 6.04 Å². The summed E-state index contributed by atoms with van der Waals surface area (Å²) >= 11 is 0. The van der Waals surface area contributed by atoms with Crippen LogP contribution in [0.25, 0.3) is 0 Å². The lowest BCUT2D eigenvalue weighted by Crippen LogP contribution is -2.34. The lowest BCUT2D eigenvalue weighted by molar-refractivity contribution is -0.189. The third-order valence-corrected chi connectivity index (χ3v) is 2.74. The van der Waals surface area contributed by atoms with E-state index in [0.29, 0.717) is 0 Å². The summed E-state index contributed by atoms with van der Waals surface area (Å²) in [6, 6.07) is 14.8. The standard InChI is InChI=1S/C15H14F3NO/c16-15(17,18)14(13-9-5-2-6-10-13)19-20-11-12-7-3-1-4-8-12/h1-10,14,19H,11H2. The van der Waals surface area contributed by atoms with Crippen LogP contribution < -0.4 is 5.48 Å². The van der Waals surface area contributed by atoms with Crippen LogP contribution in [-0.2, 0) is 11.4 Å². The second-order valence-corrected chi connectivity index (χ2v) is 4.28. The Hall–Kier alpha value is -1.85. The molecule has 1 atom stereocenters. The Balaban J connectivity index is 1.99. The second-order valence-electron chi connectivity index (χ2n) is 4.28. The van der Waals surface area contributed by atoms with Crippen LogP contribution in [0.3, 0.4) is 0 Å². The van der Waals surface area contributed by atoms with Gasteiger partial charge < -0.3 is 0 Å². The highest BCUT2D eigenvalue weighted by molar-refractivity contribution is 5.20. The predicted octanol–water partition coefficient (Wildman–Crippen LogP) is 4.01. The summed E-state index contributed by atoms with van der Waals surface area (Å²) in [5.41, 5.74) is 3.02. The Morgan fingerprint density at radius 2 is 1.45 bits per heavy atom. The van der Waals surface area contributed by atoms with Crippen molar-refractivity contribution in [2.24, 2.45) is 0 Å². The molecule has 0 aromatic heterocycles. The minimum absolute atomic E-state index is 0.0697. The zero-order valence-corrected chi connectivity index (χ0v) is 10.6. The van der Waals surface area contributed by atoms with Gasteiger partial charge in [-0.3, -0.25) is 4.84 Å². The smallest absolute Gasteiger partial charge is 0.296 e. The molecular weight excluding hydrogens is 267 g/mol. The topological polar surface area (TPSA) is 21.3 Å². The largest absolute Gasteiger partial charge is 0.410 e. The highest BCUT2D eigenvalue weighted by atomic mass is 19.4. The monoisotopic (exact) mass is 281 g/mol. The summed E-state index contributed by atoms with van der Waals surface area (Å²) in [5, 5.41) is 0. The van der Waals surface area contributed by atoms with Crippen LogP contribution in [0.1, 0.15) is 17.2 Å². The molecule has 2 aromatic rings. The molecule has 2 aromatic carbocycles.